The van der Waals surface area contributed by atoms with Crippen LogP contribution in [0.2, 0.25) is 0 Å². The van der Waals surface area contributed by atoms with Gasteiger partial charge in [0.15, 0.2) is 0 Å². The van der Waals surface area contributed by atoms with Crippen molar-refractivity contribution in [3.8, 4) is 0 Å². The number of aromatic nitrogens is 2. The predicted octanol–water partition coefficient (Wildman–Crippen LogP) is -9.95. The zero-order valence-corrected chi connectivity index (χ0v) is 40.6. The van der Waals surface area contributed by atoms with E-state index < -0.39 is 85.9 Å². The molecule has 26 heteroatoms. The van der Waals surface area contributed by atoms with Crippen molar-refractivity contribution in [2.75, 3.05) is 91.6 Å². The number of nitrogens with one attached hydrogen (secondary N) is 2. The Morgan fingerprint density at radius 2 is 0.721 bits per heavy atom. The van der Waals surface area contributed by atoms with E-state index in [9.17, 15) is 69.0 Å². The van der Waals surface area contributed by atoms with E-state index in [0.29, 0.717) is 22.8 Å². The third kappa shape index (κ3) is 22.8. The average molecular weight is 1260 g/mol. The fraction of sp³-hybridized carbons (Fsp3) is 0.571. The van der Waals surface area contributed by atoms with Crippen molar-refractivity contribution in [3.63, 3.8) is 0 Å². The molecule has 0 radical (unpaired) electrons. The number of carboxylic acid groups (broad SMARTS) is 6. The Hall–Kier alpha value is -3.71. The van der Waals surface area contributed by atoms with E-state index in [0.717, 1.165) is 0 Å². The van der Waals surface area contributed by atoms with E-state index in [4.69, 9.17) is 0 Å². The van der Waals surface area contributed by atoms with E-state index in [1.165, 1.54) is 29.4 Å². The fourth-order valence-electron chi connectivity index (χ4n) is 7.86. The molecule has 0 saturated heterocycles. The summed E-state index contributed by atoms with van der Waals surface area (Å²) in [7, 11) is 0. The summed E-state index contributed by atoms with van der Waals surface area (Å²) in [5, 5.41) is 76.4. The van der Waals surface area contributed by atoms with Crippen LogP contribution in [0.5, 0.6) is 0 Å². The van der Waals surface area contributed by atoms with Crippen LogP contribution in [0, 0.1) is 73.7 Å². The number of amides is 2. The average Bonchev–Trinajstić information content (AvgIpc) is 3.22. The second-order valence-electron chi connectivity index (χ2n) is 16.1. The maximum Gasteiger partial charge on any atom is 3.00 e. The first kappa shape index (κ1) is 60.4. The van der Waals surface area contributed by atoms with Crippen LogP contribution in [0.3, 0.4) is 0 Å². The largest absolute Gasteiger partial charge is 3.00 e. The van der Waals surface area contributed by atoms with Crippen molar-refractivity contribution in [2.24, 2.45) is 0 Å². The van der Waals surface area contributed by atoms with E-state index in [1.807, 2.05) is 0 Å². The Labute approximate surface area is 451 Å². The van der Waals surface area contributed by atoms with E-state index >= 15 is 0 Å². The quantitative estimate of drug-likeness (QED) is 0.110. The molecule has 2 amide bonds. The molecule has 0 aliphatic carbocycles. The summed E-state index contributed by atoms with van der Waals surface area (Å²) in [5.74, 6) is -9.59. The van der Waals surface area contributed by atoms with Crippen molar-refractivity contribution in [3.05, 3.63) is 59.2 Å². The molecule has 24 nitrogen and oxygen atoms in total. The van der Waals surface area contributed by atoms with Crippen LogP contribution in [-0.2, 0) is 64.5 Å². The summed E-state index contributed by atoms with van der Waals surface area (Å²) in [6.45, 7) is -1.52. The number of nitrogens with zero attached hydrogens (tertiary/aromatic N) is 8. The maximum absolute atomic E-state index is 12.9. The molecule has 4 bridgehead atoms. The topological polar surface area (TPSA) is 344 Å². The van der Waals surface area contributed by atoms with Crippen LogP contribution in [0.1, 0.15) is 48.5 Å². The van der Waals surface area contributed by atoms with Gasteiger partial charge >= 0.3 is 73.7 Å². The second kappa shape index (κ2) is 31.5. The summed E-state index contributed by atoms with van der Waals surface area (Å²) in [6.07, 6.45) is -1.06. The summed E-state index contributed by atoms with van der Waals surface area (Å²) >= 11 is 0. The smallest absolute Gasteiger partial charge is 0.549 e. The number of aliphatic carboxylic acids is 6. The third-order valence-electron chi connectivity index (χ3n) is 11.0. The first-order chi connectivity index (χ1) is 31.4. The van der Waals surface area contributed by atoms with Crippen molar-refractivity contribution in [1.29, 1.82) is 0 Å². The van der Waals surface area contributed by atoms with Gasteiger partial charge in [-0.25, -0.2) is 0 Å². The van der Waals surface area contributed by atoms with Crippen molar-refractivity contribution >= 4 is 47.6 Å². The van der Waals surface area contributed by atoms with Crippen LogP contribution in [-0.4, -0.2) is 191 Å². The number of carbonyl (C=O) groups excluding carboxylic acids is 8. The van der Waals surface area contributed by atoms with Crippen LogP contribution in [0.25, 0.3) is 0 Å². The monoisotopic (exact) mass is 1260 g/mol. The molecule has 68 heavy (non-hydrogen) atoms. The van der Waals surface area contributed by atoms with Gasteiger partial charge in [-0.15, -0.1) is 0 Å². The molecule has 382 valence electrons. The molecule has 2 aliphatic heterocycles. The minimum Gasteiger partial charge on any atom is -0.549 e. The van der Waals surface area contributed by atoms with Crippen LogP contribution in [0.15, 0.2) is 36.4 Å². The number of hydrogen-bond donors (Lipinski definition) is 2. The Kier molecular flexibility index (Phi) is 28.0. The molecular weight excluding hydrogens is 1210 g/mol. The van der Waals surface area contributed by atoms with Gasteiger partial charge in [0.1, 0.15) is 0 Å². The normalized spacial score (nSPS) is 17.1. The molecule has 0 fully saturated rings. The summed E-state index contributed by atoms with van der Waals surface area (Å²) in [6, 6.07) is 7.46. The molecule has 2 N–H and O–H groups in total. The van der Waals surface area contributed by atoms with Gasteiger partial charge in [0.2, 0.25) is 11.8 Å². The second-order valence-corrected chi connectivity index (χ2v) is 16.1. The molecule has 2 atom stereocenters. The molecule has 4 heterocycles. The number of pyridine rings is 2. The standard InChI is InChI=1S/C42H60N10O14.2Tm/c53-35(9-7-33(41(63)64)51-17-13-47(25-37(55)56)21-29-3-1-4-30(45-29)22-48(14-18-51)26-38(57)58)43-11-12-44-36(54)10-8-34(42(65)66)52-19-15-49(27-39(59)60)23-31-5-2-6-32(46-31)24-50(16-20-52)28-40(61)62;;/h1-6,33-34H,7-28H2,(H,43,53)(H,44,54)(H,55,56)(H,57,58)(H,59,60)(H,61,62)(H,63,64)(H,65,66);;/q;2*+3/p-6. The minimum absolute atomic E-state index is 0. The van der Waals surface area contributed by atoms with Gasteiger partial charge in [0.05, 0.1) is 58.6 Å². The van der Waals surface area contributed by atoms with Gasteiger partial charge in [-0.05, 0) is 37.1 Å². The molecule has 2 aromatic heterocycles. The fourth-order valence-corrected chi connectivity index (χ4v) is 7.86. The Bertz CT molecular complexity index is 1790. The number of carbonyl (C=O) groups is 8. The Morgan fingerprint density at radius 3 is 0.956 bits per heavy atom. The van der Waals surface area contributed by atoms with E-state index in [1.54, 1.807) is 36.4 Å². The first-order valence-corrected chi connectivity index (χ1v) is 21.5. The number of rotatable bonds is 21. The zero-order valence-electron chi connectivity index (χ0n) is 37.0. The van der Waals surface area contributed by atoms with E-state index in [-0.39, 0.29) is 191 Å². The van der Waals surface area contributed by atoms with Crippen LogP contribution >= 0.6 is 0 Å². The van der Waals surface area contributed by atoms with Crippen molar-refractivity contribution < 1.29 is 143 Å². The van der Waals surface area contributed by atoms with Crippen LogP contribution in [0.4, 0.5) is 0 Å². The summed E-state index contributed by atoms with van der Waals surface area (Å²) < 4.78 is 0. The summed E-state index contributed by atoms with van der Waals surface area (Å²) in [5.41, 5.74) is 2.02. The zero-order chi connectivity index (χ0) is 48.2. The SMILES string of the molecule is O=C([O-])CN1CCN(C(CCC(=O)NCCNC(=O)CCC(C(=O)[O-])N2CCN(CC(=O)[O-])Cc3cccc(n3)CN(CC(=O)[O-])CC2)C(=O)[O-])CCN(CC(=O)[O-])Cc2cccc(n2)C1.[Tm+3].[Tm+3]. The number of fused-ring (bicyclic) bond motifs is 4. The van der Waals surface area contributed by atoms with Crippen molar-refractivity contribution in [2.45, 2.75) is 63.9 Å². The molecule has 0 aromatic carbocycles. The molecule has 2 unspecified atom stereocenters. The molecule has 0 spiro atoms. The molecule has 2 aromatic rings. The third-order valence-corrected chi connectivity index (χ3v) is 11.0. The maximum atomic E-state index is 12.9. The molecular formula is C42H54N10O14Tm2. The summed E-state index contributed by atoms with van der Waals surface area (Å²) in [4.78, 5) is 115. The van der Waals surface area contributed by atoms with Crippen molar-refractivity contribution in [1.82, 2.24) is 50.0 Å². The van der Waals surface area contributed by atoms with Gasteiger partial charge in [-0.1, -0.05) is 12.1 Å². The predicted molar refractivity (Wildman–Crippen MR) is 215 cm³/mol. The molecule has 2 aliphatic rings. The molecule has 4 rings (SSSR count). The first-order valence-electron chi connectivity index (χ1n) is 21.5. The minimum atomic E-state index is -1.51. The number of carboxylic acids is 6. The van der Waals surface area contributed by atoms with E-state index in [2.05, 4.69) is 20.6 Å². The van der Waals surface area contributed by atoms with Gasteiger partial charge in [0, 0.05) is 143 Å². The molecule has 0 saturated carbocycles. The van der Waals surface area contributed by atoms with Crippen LogP contribution < -0.4 is 41.3 Å². The Morgan fingerprint density at radius 1 is 0.456 bits per heavy atom. The van der Waals surface area contributed by atoms with Gasteiger partial charge < -0.3 is 70.0 Å². The Balaban J connectivity index is 0.00000793. The number of hydrogen-bond acceptors (Lipinski definition) is 22. The van der Waals surface area contributed by atoms with Gasteiger partial charge in [-0.3, -0.25) is 49.0 Å². The van der Waals surface area contributed by atoms with Gasteiger partial charge in [0.25, 0.3) is 0 Å². The van der Waals surface area contributed by atoms with Gasteiger partial charge in [-0.2, -0.15) is 0 Å².